The Morgan fingerprint density at radius 1 is 0.339 bits per heavy atom. The minimum Gasteiger partial charge on any atom is -0.455 e. The number of para-hydroxylation sites is 2. The third-order valence-corrected chi connectivity index (χ3v) is 11.9. The van der Waals surface area contributed by atoms with Crippen molar-refractivity contribution in [1.82, 2.24) is 19.5 Å². The van der Waals surface area contributed by atoms with Crippen LogP contribution in [0.1, 0.15) is 0 Å². The van der Waals surface area contributed by atoms with Gasteiger partial charge in [-0.15, -0.1) is 0 Å². The molecule has 62 heavy (non-hydrogen) atoms. The molecule has 0 amide bonds. The predicted molar refractivity (Wildman–Crippen MR) is 254 cm³/mol. The number of hydrogen-bond donors (Lipinski definition) is 0. The number of aromatic nitrogens is 4. The van der Waals surface area contributed by atoms with Gasteiger partial charge in [0.1, 0.15) is 11.2 Å². The van der Waals surface area contributed by atoms with Gasteiger partial charge in [0.15, 0.2) is 17.5 Å². The molecule has 3 heterocycles. The van der Waals surface area contributed by atoms with Crippen LogP contribution in [0.5, 0.6) is 0 Å². The van der Waals surface area contributed by atoms with Gasteiger partial charge in [-0.25, -0.2) is 15.0 Å². The zero-order valence-electron chi connectivity index (χ0n) is 33.5. The molecule has 3 aromatic heterocycles. The minimum absolute atomic E-state index is 0.550. The number of rotatable bonds is 7. The number of furan rings is 1. The Balaban J connectivity index is 1.02. The van der Waals surface area contributed by atoms with Gasteiger partial charge in [-0.3, -0.25) is 0 Å². The molecule has 12 rings (SSSR count). The molecule has 0 radical (unpaired) electrons. The molecule has 0 saturated heterocycles. The Labute approximate surface area is 357 Å². The fourth-order valence-electron chi connectivity index (χ4n) is 8.88. The second kappa shape index (κ2) is 14.7. The van der Waals surface area contributed by atoms with Crippen molar-refractivity contribution in [1.29, 1.82) is 0 Å². The summed E-state index contributed by atoms with van der Waals surface area (Å²) in [5, 5.41) is 4.39. The molecule has 0 saturated carbocycles. The number of nitrogens with zero attached hydrogens (tertiary/aromatic N) is 4. The molecule has 0 fully saturated rings. The molecule has 0 bridgehead atoms. The first-order valence-electron chi connectivity index (χ1n) is 20.8. The van der Waals surface area contributed by atoms with Gasteiger partial charge in [0.25, 0.3) is 0 Å². The summed E-state index contributed by atoms with van der Waals surface area (Å²) in [6, 6.07) is 76.3. The van der Waals surface area contributed by atoms with Crippen molar-refractivity contribution in [2.45, 2.75) is 0 Å². The van der Waals surface area contributed by atoms with E-state index >= 15 is 0 Å². The van der Waals surface area contributed by atoms with E-state index in [9.17, 15) is 0 Å². The Kier molecular flexibility index (Phi) is 8.42. The zero-order valence-corrected chi connectivity index (χ0v) is 33.5. The van der Waals surface area contributed by atoms with Crippen LogP contribution in [0.4, 0.5) is 0 Å². The van der Waals surface area contributed by atoms with Gasteiger partial charge in [0, 0.05) is 33.0 Å². The van der Waals surface area contributed by atoms with Crippen LogP contribution in [0, 0.1) is 0 Å². The summed E-state index contributed by atoms with van der Waals surface area (Å²) in [4.78, 5) is 15.3. The van der Waals surface area contributed by atoms with Crippen LogP contribution < -0.4 is 0 Å². The first kappa shape index (κ1) is 35.5. The first-order chi connectivity index (χ1) is 30.7. The number of fused-ring (bicyclic) bond motifs is 7. The summed E-state index contributed by atoms with van der Waals surface area (Å²) in [6.07, 6.45) is 0. The van der Waals surface area contributed by atoms with E-state index in [1.807, 2.05) is 36.4 Å². The van der Waals surface area contributed by atoms with Crippen molar-refractivity contribution in [3.05, 3.63) is 218 Å². The van der Waals surface area contributed by atoms with E-state index in [0.717, 1.165) is 77.4 Å². The quantitative estimate of drug-likeness (QED) is 0.161. The average molecular weight is 793 g/mol. The molecule has 9 aromatic carbocycles. The van der Waals surface area contributed by atoms with E-state index in [4.69, 9.17) is 19.4 Å². The zero-order chi connectivity index (χ0) is 41.0. The molecule has 290 valence electrons. The molecule has 5 nitrogen and oxygen atoms in total. The highest BCUT2D eigenvalue weighted by Crippen LogP contribution is 2.43. The van der Waals surface area contributed by atoms with Gasteiger partial charge in [0.05, 0.1) is 22.0 Å². The topological polar surface area (TPSA) is 56.7 Å². The third-order valence-electron chi connectivity index (χ3n) is 11.9. The van der Waals surface area contributed by atoms with Crippen LogP contribution >= 0.6 is 0 Å². The normalized spacial score (nSPS) is 11.5. The molecule has 0 spiro atoms. The van der Waals surface area contributed by atoms with E-state index < -0.39 is 0 Å². The van der Waals surface area contributed by atoms with Crippen molar-refractivity contribution >= 4 is 43.7 Å². The lowest BCUT2D eigenvalue weighted by Gasteiger charge is -2.11. The summed E-state index contributed by atoms with van der Waals surface area (Å²) in [7, 11) is 0. The molecule has 0 aliphatic carbocycles. The van der Waals surface area contributed by atoms with Gasteiger partial charge in [-0.1, -0.05) is 176 Å². The molecule has 5 heteroatoms. The summed E-state index contributed by atoms with van der Waals surface area (Å²) in [5.41, 5.74) is 14.5. The van der Waals surface area contributed by atoms with Crippen LogP contribution in [0.25, 0.3) is 117 Å². The first-order valence-corrected chi connectivity index (χ1v) is 20.8. The highest BCUT2D eigenvalue weighted by Gasteiger charge is 2.22. The van der Waals surface area contributed by atoms with Crippen molar-refractivity contribution in [2.75, 3.05) is 0 Å². The lowest BCUT2D eigenvalue weighted by molar-refractivity contribution is 0.669. The van der Waals surface area contributed by atoms with Crippen LogP contribution in [0.2, 0.25) is 0 Å². The molecular weight excluding hydrogens is 757 g/mol. The molecule has 0 aliphatic heterocycles. The molecule has 0 N–H and O–H groups in total. The third kappa shape index (κ3) is 6.06. The summed E-state index contributed by atoms with van der Waals surface area (Å²) in [6.45, 7) is 0. The van der Waals surface area contributed by atoms with E-state index in [0.29, 0.717) is 17.5 Å². The lowest BCUT2D eigenvalue weighted by Crippen LogP contribution is -2.00. The van der Waals surface area contributed by atoms with Crippen molar-refractivity contribution < 1.29 is 4.42 Å². The Morgan fingerprint density at radius 2 is 0.823 bits per heavy atom. The molecule has 0 atom stereocenters. The van der Waals surface area contributed by atoms with Crippen LogP contribution in [-0.2, 0) is 0 Å². The fraction of sp³-hybridized carbons (Fsp3) is 0. The van der Waals surface area contributed by atoms with Crippen molar-refractivity contribution in [3.63, 3.8) is 0 Å². The average Bonchev–Trinajstić information content (AvgIpc) is 3.91. The molecule has 0 unspecified atom stereocenters. The van der Waals surface area contributed by atoms with Gasteiger partial charge in [-0.2, -0.15) is 0 Å². The SMILES string of the molecule is c1ccc(-c2ccc(-c3nc(-c4ccccc4)nc(-c4cccc5c4oc4ccc6c7ccccc7n(-c7ccc(-c8cccc(-c9ccccc9)c8)cc7)c6c45)n3)cc2)cc1. The maximum Gasteiger partial charge on any atom is 0.167 e. The lowest BCUT2D eigenvalue weighted by atomic mass is 9.99. The van der Waals surface area contributed by atoms with E-state index in [-0.39, 0.29) is 0 Å². The minimum atomic E-state index is 0.550. The second-order valence-electron chi connectivity index (χ2n) is 15.6. The van der Waals surface area contributed by atoms with Crippen LogP contribution in [0.3, 0.4) is 0 Å². The Hall–Kier alpha value is -8.41. The molecular formula is C57H36N4O. The highest BCUT2D eigenvalue weighted by atomic mass is 16.3. The smallest absolute Gasteiger partial charge is 0.167 e. The second-order valence-corrected chi connectivity index (χ2v) is 15.6. The monoisotopic (exact) mass is 792 g/mol. The maximum atomic E-state index is 6.90. The maximum absolute atomic E-state index is 6.90. The fourth-order valence-corrected chi connectivity index (χ4v) is 8.88. The van der Waals surface area contributed by atoms with Gasteiger partial charge in [0.2, 0.25) is 0 Å². The standard InChI is InChI=1S/C57H36N4O/c1-4-14-37(15-5-1)39-26-28-42(29-27-39)56-58-55(41-18-8-3-9-19-41)59-57(60-56)49-24-13-23-48-52-51(62-54(48)49)35-34-47-46-22-10-11-25-50(46)61(53(47)52)45-32-30-40(31-33-45)44-21-12-20-43(36-44)38-16-6-2-7-17-38/h1-36H. The van der Waals surface area contributed by atoms with Crippen LogP contribution in [-0.4, -0.2) is 19.5 Å². The predicted octanol–water partition coefficient (Wildman–Crippen LogP) is 14.9. The van der Waals surface area contributed by atoms with Crippen molar-refractivity contribution in [3.8, 4) is 73.2 Å². The molecule has 0 aliphatic rings. The van der Waals surface area contributed by atoms with Gasteiger partial charge < -0.3 is 8.98 Å². The van der Waals surface area contributed by atoms with Crippen LogP contribution in [0.15, 0.2) is 223 Å². The summed E-state index contributed by atoms with van der Waals surface area (Å²) in [5.74, 6) is 1.75. The Morgan fingerprint density at radius 3 is 1.52 bits per heavy atom. The summed E-state index contributed by atoms with van der Waals surface area (Å²) < 4.78 is 9.28. The van der Waals surface area contributed by atoms with E-state index in [1.165, 1.54) is 22.1 Å². The van der Waals surface area contributed by atoms with E-state index in [1.54, 1.807) is 0 Å². The van der Waals surface area contributed by atoms with Crippen molar-refractivity contribution in [2.24, 2.45) is 0 Å². The van der Waals surface area contributed by atoms with Gasteiger partial charge in [-0.05, 0) is 75.8 Å². The Bertz CT molecular complexity index is 3590. The van der Waals surface area contributed by atoms with E-state index in [2.05, 4.69) is 187 Å². The molecule has 12 aromatic rings. The van der Waals surface area contributed by atoms with Gasteiger partial charge >= 0.3 is 0 Å². The summed E-state index contributed by atoms with van der Waals surface area (Å²) >= 11 is 0. The highest BCUT2D eigenvalue weighted by molar-refractivity contribution is 6.25. The number of hydrogen-bond acceptors (Lipinski definition) is 4. The number of benzene rings is 9. The largest absolute Gasteiger partial charge is 0.455 e.